The van der Waals surface area contributed by atoms with Gasteiger partial charge in [0.25, 0.3) is 0 Å². The number of carbonyl (C=O) groups is 1. The maximum absolute atomic E-state index is 12.7. The molecule has 0 aliphatic heterocycles. The van der Waals surface area contributed by atoms with E-state index in [1.54, 1.807) is 0 Å². The van der Waals surface area contributed by atoms with E-state index in [2.05, 4.69) is 21.2 Å². The summed E-state index contributed by atoms with van der Waals surface area (Å²) in [6.45, 7) is 1.82. The molecule has 0 saturated heterocycles. The molecule has 0 spiro atoms. The number of anilines is 1. The molecular weight excluding hydrogens is 263 g/mol. The Morgan fingerprint density at radius 1 is 1.67 bits per heavy atom. The Labute approximate surface area is 96.0 Å². The van der Waals surface area contributed by atoms with Gasteiger partial charge in [-0.15, -0.1) is 0 Å². The summed E-state index contributed by atoms with van der Waals surface area (Å²) >= 11 is 3.15. The molecule has 5 heteroatoms. The first-order chi connectivity index (χ1) is 7.04. The lowest BCUT2D eigenvalue weighted by atomic mass is 10.2. The minimum absolute atomic E-state index is 0.273. The van der Waals surface area contributed by atoms with Crippen molar-refractivity contribution < 1.29 is 9.18 Å². The standard InChI is InChI=1S/C10H12BrFN2O/c1-2-8(13)10(15)14-9-4-3-6(12)5-7(9)11/h3-5,8H,2,13H2,1H3,(H,14,15)/t8-/m0/s1. The van der Waals surface area contributed by atoms with Crippen LogP contribution in [-0.4, -0.2) is 11.9 Å². The lowest BCUT2D eigenvalue weighted by Crippen LogP contribution is -2.34. The highest BCUT2D eigenvalue weighted by Crippen LogP contribution is 2.23. The maximum atomic E-state index is 12.7. The van der Waals surface area contributed by atoms with Crippen molar-refractivity contribution in [1.82, 2.24) is 0 Å². The van der Waals surface area contributed by atoms with E-state index in [4.69, 9.17) is 5.73 Å². The van der Waals surface area contributed by atoms with Gasteiger partial charge in [0.05, 0.1) is 11.7 Å². The fraction of sp³-hybridized carbons (Fsp3) is 0.300. The van der Waals surface area contributed by atoms with Gasteiger partial charge in [0.1, 0.15) is 5.82 Å². The van der Waals surface area contributed by atoms with Gasteiger partial charge >= 0.3 is 0 Å². The first-order valence-corrected chi connectivity index (χ1v) is 5.35. The van der Waals surface area contributed by atoms with Gasteiger partial charge in [-0.2, -0.15) is 0 Å². The van der Waals surface area contributed by atoms with Crippen LogP contribution in [0.2, 0.25) is 0 Å². The first-order valence-electron chi connectivity index (χ1n) is 4.56. The molecule has 1 atom stereocenters. The van der Waals surface area contributed by atoms with Gasteiger partial charge in [-0.3, -0.25) is 4.79 Å². The highest BCUT2D eigenvalue weighted by atomic mass is 79.9. The smallest absolute Gasteiger partial charge is 0.241 e. The Balaban J connectivity index is 2.77. The highest BCUT2D eigenvalue weighted by Gasteiger charge is 2.12. The quantitative estimate of drug-likeness (QED) is 0.889. The third-order valence-corrected chi connectivity index (χ3v) is 2.62. The summed E-state index contributed by atoms with van der Waals surface area (Å²) in [5, 5.41) is 2.61. The lowest BCUT2D eigenvalue weighted by molar-refractivity contribution is -0.117. The minimum Gasteiger partial charge on any atom is -0.324 e. The predicted molar refractivity (Wildman–Crippen MR) is 61.0 cm³/mol. The zero-order chi connectivity index (χ0) is 11.4. The van der Waals surface area contributed by atoms with Crippen molar-refractivity contribution in [3.05, 3.63) is 28.5 Å². The summed E-state index contributed by atoms with van der Waals surface area (Å²) in [6, 6.07) is 3.51. The van der Waals surface area contributed by atoms with Crippen LogP contribution < -0.4 is 11.1 Å². The summed E-state index contributed by atoms with van der Waals surface area (Å²) in [4.78, 5) is 11.4. The third kappa shape index (κ3) is 3.28. The summed E-state index contributed by atoms with van der Waals surface area (Å²) in [7, 11) is 0. The molecule has 0 bridgehead atoms. The van der Waals surface area contributed by atoms with Gasteiger partial charge in [-0.05, 0) is 40.5 Å². The maximum Gasteiger partial charge on any atom is 0.241 e. The Kier molecular flexibility index (Phi) is 4.23. The molecule has 3 nitrogen and oxygen atoms in total. The molecule has 0 fully saturated rings. The second-order valence-electron chi connectivity index (χ2n) is 3.13. The van der Waals surface area contributed by atoms with Crippen LogP contribution >= 0.6 is 15.9 Å². The van der Waals surface area contributed by atoms with Crippen LogP contribution in [0.25, 0.3) is 0 Å². The number of nitrogens with one attached hydrogen (secondary N) is 1. The number of hydrogen-bond acceptors (Lipinski definition) is 2. The van der Waals surface area contributed by atoms with Crippen molar-refractivity contribution in [3.8, 4) is 0 Å². The van der Waals surface area contributed by atoms with Crippen LogP contribution in [0.3, 0.4) is 0 Å². The van der Waals surface area contributed by atoms with Crippen LogP contribution in [0, 0.1) is 5.82 Å². The van der Waals surface area contributed by atoms with Gasteiger partial charge in [0.15, 0.2) is 0 Å². The molecule has 1 amide bonds. The lowest BCUT2D eigenvalue weighted by Gasteiger charge is -2.11. The zero-order valence-electron chi connectivity index (χ0n) is 8.26. The number of carbonyl (C=O) groups excluding carboxylic acids is 1. The Morgan fingerprint density at radius 3 is 2.87 bits per heavy atom. The molecule has 0 heterocycles. The van der Waals surface area contributed by atoms with Crippen LogP contribution in [0.4, 0.5) is 10.1 Å². The van der Waals surface area contributed by atoms with Gasteiger partial charge in [0.2, 0.25) is 5.91 Å². The molecule has 0 aromatic heterocycles. The van der Waals surface area contributed by atoms with Gasteiger partial charge in [0, 0.05) is 4.47 Å². The number of amides is 1. The molecule has 0 aliphatic carbocycles. The number of nitrogens with two attached hydrogens (primary N) is 1. The molecule has 0 aliphatic rings. The van der Waals surface area contributed by atoms with Crippen molar-refractivity contribution in [2.75, 3.05) is 5.32 Å². The van der Waals surface area contributed by atoms with E-state index >= 15 is 0 Å². The highest BCUT2D eigenvalue weighted by molar-refractivity contribution is 9.10. The van der Waals surface area contributed by atoms with E-state index in [9.17, 15) is 9.18 Å². The minimum atomic E-state index is -0.540. The molecule has 1 aromatic rings. The molecule has 15 heavy (non-hydrogen) atoms. The molecule has 0 saturated carbocycles. The SMILES string of the molecule is CC[C@H](N)C(=O)Nc1ccc(F)cc1Br. The Morgan fingerprint density at radius 2 is 2.33 bits per heavy atom. The molecule has 0 radical (unpaired) electrons. The molecule has 0 unspecified atom stereocenters. The van der Waals surface area contributed by atoms with E-state index < -0.39 is 6.04 Å². The van der Waals surface area contributed by atoms with Crippen molar-refractivity contribution in [2.24, 2.45) is 5.73 Å². The number of hydrogen-bond donors (Lipinski definition) is 2. The fourth-order valence-corrected chi connectivity index (χ4v) is 1.45. The second kappa shape index (κ2) is 5.23. The van der Waals surface area contributed by atoms with E-state index in [-0.39, 0.29) is 11.7 Å². The normalized spacial score (nSPS) is 12.3. The van der Waals surface area contributed by atoms with Crippen LogP contribution in [0.15, 0.2) is 22.7 Å². The number of benzene rings is 1. The summed E-state index contributed by atoms with van der Waals surface area (Å²) < 4.78 is 13.2. The monoisotopic (exact) mass is 274 g/mol. The van der Waals surface area contributed by atoms with Crippen LogP contribution in [-0.2, 0) is 4.79 Å². The largest absolute Gasteiger partial charge is 0.324 e. The average molecular weight is 275 g/mol. The predicted octanol–water partition coefficient (Wildman–Crippen LogP) is 2.26. The number of rotatable bonds is 3. The van der Waals surface area contributed by atoms with Crippen LogP contribution in [0.1, 0.15) is 13.3 Å². The second-order valence-corrected chi connectivity index (χ2v) is 3.98. The average Bonchev–Trinajstić information content (AvgIpc) is 2.20. The molecular formula is C10H12BrFN2O. The summed E-state index contributed by atoms with van der Waals surface area (Å²) in [5.74, 6) is -0.635. The summed E-state index contributed by atoms with van der Waals surface area (Å²) in [6.07, 6.45) is 0.560. The van der Waals surface area contributed by atoms with E-state index in [1.165, 1.54) is 18.2 Å². The van der Waals surface area contributed by atoms with Gasteiger partial charge < -0.3 is 11.1 Å². The number of halogens is 2. The topological polar surface area (TPSA) is 55.1 Å². The molecule has 1 rings (SSSR count). The molecule has 1 aromatic carbocycles. The van der Waals surface area contributed by atoms with Crippen molar-refractivity contribution in [3.63, 3.8) is 0 Å². The third-order valence-electron chi connectivity index (χ3n) is 1.97. The van der Waals surface area contributed by atoms with Crippen LogP contribution in [0.5, 0.6) is 0 Å². The van der Waals surface area contributed by atoms with Crippen molar-refractivity contribution in [2.45, 2.75) is 19.4 Å². The van der Waals surface area contributed by atoms with Gasteiger partial charge in [-0.1, -0.05) is 6.92 Å². The van der Waals surface area contributed by atoms with Gasteiger partial charge in [-0.25, -0.2) is 4.39 Å². The molecule has 82 valence electrons. The molecule has 3 N–H and O–H groups in total. The zero-order valence-corrected chi connectivity index (χ0v) is 9.84. The van der Waals surface area contributed by atoms with Crippen molar-refractivity contribution in [1.29, 1.82) is 0 Å². The van der Waals surface area contributed by atoms with E-state index in [0.717, 1.165) is 0 Å². The van der Waals surface area contributed by atoms with Crippen molar-refractivity contribution >= 4 is 27.5 Å². The van der Waals surface area contributed by atoms with E-state index in [0.29, 0.717) is 16.6 Å². The Bertz CT molecular complexity index is 370. The summed E-state index contributed by atoms with van der Waals surface area (Å²) in [5.41, 5.74) is 6.06. The first kappa shape index (κ1) is 12.1. The Hall–Kier alpha value is -0.940. The van der Waals surface area contributed by atoms with E-state index in [1.807, 2.05) is 6.92 Å². The fourth-order valence-electron chi connectivity index (χ4n) is 1.00.